The van der Waals surface area contributed by atoms with E-state index >= 15 is 0 Å². The lowest BCUT2D eigenvalue weighted by molar-refractivity contribution is -0.125. The number of aromatic nitrogens is 1. The quantitative estimate of drug-likeness (QED) is 0.824. The maximum absolute atomic E-state index is 12.6. The van der Waals surface area contributed by atoms with Gasteiger partial charge in [0.1, 0.15) is 11.9 Å². The Kier molecular flexibility index (Phi) is 5.41. The number of carbonyl (C=O) groups is 2. The summed E-state index contributed by atoms with van der Waals surface area (Å²) < 4.78 is 0. The summed E-state index contributed by atoms with van der Waals surface area (Å²) in [6, 6.07) is 12.7. The smallest absolute Gasteiger partial charge is 0.249 e. The monoisotopic (exact) mass is 392 g/mol. The third-order valence-electron chi connectivity index (χ3n) is 5.08. The molecular formula is C21H24N6O2. The molecule has 0 saturated carbocycles. The van der Waals surface area contributed by atoms with Crippen LogP contribution in [0.4, 0.5) is 11.5 Å². The van der Waals surface area contributed by atoms with Crippen molar-refractivity contribution in [2.75, 3.05) is 36.4 Å². The highest BCUT2D eigenvalue weighted by molar-refractivity contribution is 6.06. The number of carbonyl (C=O) groups excluding carboxylic acids is 2. The molecule has 8 nitrogen and oxygen atoms in total. The average Bonchev–Trinajstić information content (AvgIpc) is 2.75. The van der Waals surface area contributed by atoms with Gasteiger partial charge in [-0.3, -0.25) is 14.9 Å². The minimum absolute atomic E-state index is 0.0507. The predicted octanol–water partition coefficient (Wildman–Crippen LogP) is 1.40. The second kappa shape index (κ2) is 8.30. The van der Waals surface area contributed by atoms with Crippen LogP contribution in [0.3, 0.4) is 0 Å². The lowest BCUT2D eigenvalue weighted by atomic mass is 10.1. The van der Waals surface area contributed by atoms with E-state index in [9.17, 15) is 9.59 Å². The highest BCUT2D eigenvalue weighted by Gasteiger charge is 2.30. The van der Waals surface area contributed by atoms with Gasteiger partial charge in [-0.15, -0.1) is 0 Å². The van der Waals surface area contributed by atoms with Crippen LogP contribution in [0.25, 0.3) is 0 Å². The number of rotatable bonds is 3. The van der Waals surface area contributed by atoms with Crippen molar-refractivity contribution in [1.82, 2.24) is 15.2 Å². The fourth-order valence-corrected chi connectivity index (χ4v) is 3.44. The maximum atomic E-state index is 12.6. The van der Waals surface area contributed by atoms with Crippen molar-refractivity contribution in [2.24, 2.45) is 4.99 Å². The second-order valence-electron chi connectivity index (χ2n) is 7.24. The molecular weight excluding hydrogens is 368 g/mol. The summed E-state index contributed by atoms with van der Waals surface area (Å²) in [5, 5.41) is 5.67. The fourth-order valence-electron chi connectivity index (χ4n) is 3.44. The van der Waals surface area contributed by atoms with Gasteiger partial charge in [-0.05, 0) is 31.2 Å². The Balaban J connectivity index is 1.40. The second-order valence-corrected chi connectivity index (χ2v) is 7.24. The predicted molar refractivity (Wildman–Crippen MR) is 112 cm³/mol. The van der Waals surface area contributed by atoms with E-state index < -0.39 is 6.04 Å². The standard InChI is InChI=1S/C21H24N6O2/c1-15-5-7-16(8-6-15)23-20(29)17-14-19(28)25-21(24-17)27-12-10-26(11-13-27)18-4-2-3-9-22-18/h2-9,17H,10-14H2,1H3,(H,23,29)(H,24,25,28)/t17-/m1/s1. The Morgan fingerprint density at radius 1 is 1.07 bits per heavy atom. The van der Waals surface area contributed by atoms with Crippen molar-refractivity contribution >= 4 is 29.3 Å². The zero-order valence-corrected chi connectivity index (χ0v) is 16.3. The van der Waals surface area contributed by atoms with Crippen LogP contribution >= 0.6 is 0 Å². The summed E-state index contributed by atoms with van der Waals surface area (Å²) in [5.74, 6) is 0.961. The number of pyridine rings is 1. The van der Waals surface area contributed by atoms with Gasteiger partial charge in [0.2, 0.25) is 17.8 Å². The molecule has 1 atom stereocenters. The van der Waals surface area contributed by atoms with E-state index in [0.29, 0.717) is 24.7 Å². The molecule has 1 fully saturated rings. The molecule has 1 saturated heterocycles. The molecule has 150 valence electrons. The first-order valence-corrected chi connectivity index (χ1v) is 9.74. The van der Waals surface area contributed by atoms with Crippen LogP contribution in [0.15, 0.2) is 53.7 Å². The number of piperazine rings is 1. The SMILES string of the molecule is Cc1ccc(NC(=O)[C@H]2CC(=O)NC(N3CCN(c4ccccn4)CC3)=N2)cc1. The van der Waals surface area contributed by atoms with Crippen molar-refractivity contribution in [3.05, 3.63) is 54.2 Å². The summed E-state index contributed by atoms with van der Waals surface area (Å²) in [6.45, 7) is 4.92. The molecule has 29 heavy (non-hydrogen) atoms. The Morgan fingerprint density at radius 2 is 1.79 bits per heavy atom. The first-order valence-electron chi connectivity index (χ1n) is 9.74. The van der Waals surface area contributed by atoms with Crippen LogP contribution in [-0.4, -0.2) is 59.9 Å². The highest BCUT2D eigenvalue weighted by Crippen LogP contribution is 2.16. The molecule has 3 heterocycles. The Labute approximate surface area is 169 Å². The van der Waals surface area contributed by atoms with E-state index in [1.54, 1.807) is 6.20 Å². The first kappa shape index (κ1) is 18.9. The highest BCUT2D eigenvalue weighted by atomic mass is 16.2. The van der Waals surface area contributed by atoms with Crippen molar-refractivity contribution < 1.29 is 9.59 Å². The first-order chi connectivity index (χ1) is 14.1. The number of nitrogens with zero attached hydrogens (tertiary/aromatic N) is 4. The lowest BCUT2D eigenvalue weighted by Crippen LogP contribution is -2.56. The number of anilines is 2. The van der Waals surface area contributed by atoms with E-state index in [1.807, 2.05) is 54.3 Å². The van der Waals surface area contributed by atoms with Crippen molar-refractivity contribution in [1.29, 1.82) is 0 Å². The Hall–Kier alpha value is -3.42. The molecule has 2 aromatic rings. The number of nitrogens with one attached hydrogen (secondary N) is 2. The van der Waals surface area contributed by atoms with Crippen LogP contribution in [0.2, 0.25) is 0 Å². The van der Waals surface area contributed by atoms with Gasteiger partial charge in [-0.25, -0.2) is 9.98 Å². The van der Waals surface area contributed by atoms with Gasteiger partial charge in [0, 0.05) is 38.1 Å². The summed E-state index contributed by atoms with van der Waals surface area (Å²) in [5.41, 5.74) is 1.82. The van der Waals surface area contributed by atoms with Gasteiger partial charge in [-0.2, -0.15) is 0 Å². The lowest BCUT2D eigenvalue weighted by Gasteiger charge is -2.38. The molecule has 4 rings (SSSR count). The largest absolute Gasteiger partial charge is 0.353 e. The van der Waals surface area contributed by atoms with Crippen LogP contribution < -0.4 is 15.5 Å². The summed E-state index contributed by atoms with van der Waals surface area (Å²) in [4.78, 5) is 38.0. The third kappa shape index (κ3) is 4.53. The minimum atomic E-state index is -0.728. The summed E-state index contributed by atoms with van der Waals surface area (Å²) in [7, 11) is 0. The number of aliphatic imine (C=N–C) groups is 1. The normalized spacial score (nSPS) is 19.4. The van der Waals surface area contributed by atoms with Gasteiger partial charge in [0.15, 0.2) is 0 Å². The molecule has 0 aliphatic carbocycles. The molecule has 2 aliphatic rings. The summed E-state index contributed by atoms with van der Waals surface area (Å²) >= 11 is 0. The third-order valence-corrected chi connectivity index (χ3v) is 5.08. The zero-order chi connectivity index (χ0) is 20.2. The topological polar surface area (TPSA) is 89.9 Å². The van der Waals surface area contributed by atoms with Crippen LogP contribution in [0.1, 0.15) is 12.0 Å². The van der Waals surface area contributed by atoms with Crippen molar-refractivity contribution in [2.45, 2.75) is 19.4 Å². The average molecular weight is 392 g/mol. The molecule has 0 unspecified atom stereocenters. The van der Waals surface area contributed by atoms with Crippen LogP contribution in [-0.2, 0) is 9.59 Å². The van der Waals surface area contributed by atoms with Crippen molar-refractivity contribution in [3.63, 3.8) is 0 Å². The molecule has 2 N–H and O–H groups in total. The van der Waals surface area contributed by atoms with E-state index in [-0.39, 0.29) is 18.2 Å². The number of benzene rings is 1. The van der Waals surface area contributed by atoms with Gasteiger partial charge in [0.25, 0.3) is 0 Å². The minimum Gasteiger partial charge on any atom is -0.353 e. The van der Waals surface area contributed by atoms with Crippen LogP contribution in [0, 0.1) is 6.92 Å². The Bertz CT molecular complexity index is 905. The molecule has 2 aliphatic heterocycles. The van der Waals surface area contributed by atoms with Gasteiger partial charge < -0.3 is 15.1 Å². The maximum Gasteiger partial charge on any atom is 0.249 e. The van der Waals surface area contributed by atoms with E-state index in [0.717, 1.165) is 24.5 Å². The number of hydrogen-bond donors (Lipinski definition) is 2. The number of guanidine groups is 1. The van der Waals surface area contributed by atoms with Crippen LogP contribution in [0.5, 0.6) is 0 Å². The van der Waals surface area contributed by atoms with Gasteiger partial charge >= 0.3 is 0 Å². The fraction of sp³-hybridized carbons (Fsp3) is 0.333. The molecule has 0 radical (unpaired) electrons. The number of aryl methyl sites for hydroxylation is 1. The van der Waals surface area contributed by atoms with Gasteiger partial charge in [-0.1, -0.05) is 23.8 Å². The molecule has 8 heteroatoms. The molecule has 2 amide bonds. The van der Waals surface area contributed by atoms with Gasteiger partial charge in [0.05, 0.1) is 6.42 Å². The molecule has 0 spiro atoms. The zero-order valence-electron chi connectivity index (χ0n) is 16.3. The van der Waals surface area contributed by atoms with E-state index in [1.165, 1.54) is 0 Å². The number of amides is 2. The van der Waals surface area contributed by atoms with E-state index in [4.69, 9.17) is 0 Å². The molecule has 0 bridgehead atoms. The molecule has 1 aromatic heterocycles. The summed E-state index contributed by atoms with van der Waals surface area (Å²) in [6.07, 6.45) is 1.83. The number of hydrogen-bond acceptors (Lipinski definition) is 6. The molecule has 1 aromatic carbocycles. The Morgan fingerprint density at radius 3 is 2.48 bits per heavy atom. The van der Waals surface area contributed by atoms with E-state index in [2.05, 4.69) is 25.5 Å². The van der Waals surface area contributed by atoms with Crippen molar-refractivity contribution in [3.8, 4) is 0 Å².